The molecule has 0 aliphatic carbocycles. The van der Waals surface area contributed by atoms with Crippen LogP contribution in [0, 0.1) is 5.92 Å². The predicted molar refractivity (Wildman–Crippen MR) is 104 cm³/mol. The molecular weight excluding hydrogens is 350 g/mol. The first-order valence-corrected chi connectivity index (χ1v) is 10.4. The Balaban J connectivity index is 1.43. The van der Waals surface area contributed by atoms with Crippen molar-refractivity contribution in [1.82, 2.24) is 10.2 Å². The second-order valence-corrected chi connectivity index (χ2v) is 9.30. The fourth-order valence-corrected chi connectivity index (χ4v) is 5.98. The average molecular weight is 374 g/mol. The van der Waals surface area contributed by atoms with E-state index < -0.39 is 0 Å². The molecule has 0 saturated carbocycles. The fourth-order valence-electron chi connectivity index (χ4n) is 3.95. The molecule has 3 aliphatic heterocycles. The Labute approximate surface area is 156 Å². The van der Waals surface area contributed by atoms with Gasteiger partial charge in [-0.05, 0) is 63.0 Å². The molecule has 4 heterocycles. The first-order chi connectivity index (χ1) is 12.1. The molecule has 3 aliphatic rings. The summed E-state index contributed by atoms with van der Waals surface area (Å²) in [6.45, 7) is 4.59. The van der Waals surface area contributed by atoms with Gasteiger partial charge in [0.25, 0.3) is 5.91 Å². The Kier molecular flexibility index (Phi) is 4.75. The van der Waals surface area contributed by atoms with Crippen molar-refractivity contribution in [3.8, 4) is 0 Å². The van der Waals surface area contributed by atoms with Crippen LogP contribution in [0.1, 0.15) is 29.4 Å². The molecule has 6 heteroatoms. The van der Waals surface area contributed by atoms with Crippen LogP contribution in [0.5, 0.6) is 0 Å². The van der Waals surface area contributed by atoms with Crippen molar-refractivity contribution in [2.45, 2.75) is 41.0 Å². The quantitative estimate of drug-likeness (QED) is 0.803. The van der Waals surface area contributed by atoms with Gasteiger partial charge in [0.1, 0.15) is 0 Å². The molecule has 132 valence electrons. The number of amides is 1. The van der Waals surface area contributed by atoms with E-state index in [-0.39, 0.29) is 11.9 Å². The molecule has 3 fully saturated rings. The number of nitrogens with zero attached hydrogens (tertiary/aromatic N) is 1. The number of anilines is 1. The van der Waals surface area contributed by atoms with Gasteiger partial charge in [-0.1, -0.05) is 23.9 Å². The van der Waals surface area contributed by atoms with Gasteiger partial charge in [-0.25, -0.2) is 0 Å². The zero-order valence-corrected chi connectivity index (χ0v) is 15.9. The van der Waals surface area contributed by atoms with E-state index >= 15 is 0 Å². The minimum absolute atomic E-state index is 0.0588. The number of hydrogen-bond donors (Lipinski definition) is 2. The van der Waals surface area contributed by atoms with E-state index in [1.165, 1.54) is 37.3 Å². The highest BCUT2D eigenvalue weighted by Crippen LogP contribution is 2.37. The van der Waals surface area contributed by atoms with Gasteiger partial charge in [-0.15, -0.1) is 11.3 Å². The van der Waals surface area contributed by atoms with Crippen molar-refractivity contribution < 1.29 is 4.79 Å². The lowest BCUT2D eigenvalue weighted by Gasteiger charge is -2.49. The van der Waals surface area contributed by atoms with Crippen molar-refractivity contribution in [3.63, 3.8) is 0 Å². The van der Waals surface area contributed by atoms with Gasteiger partial charge in [-0.2, -0.15) is 0 Å². The number of nitrogen functional groups attached to an aromatic ring is 1. The van der Waals surface area contributed by atoms with Crippen LogP contribution in [-0.4, -0.2) is 36.0 Å². The van der Waals surface area contributed by atoms with Gasteiger partial charge < -0.3 is 11.1 Å². The number of nitrogens with two attached hydrogens (primary N) is 1. The van der Waals surface area contributed by atoms with E-state index in [1.807, 2.05) is 36.4 Å². The predicted octanol–water partition coefficient (Wildman–Crippen LogP) is 3.69. The standard InChI is InChI=1S/C19H23N3OS2/c1-12-18(13-8-10-22(12)11-9-13)21-19(23)16-6-7-17(25-16)24-15-5-3-2-4-14(15)20/h2-7,12-13,18H,8-11,20H2,1H3,(H,21,23). The average Bonchev–Trinajstić information content (AvgIpc) is 3.09. The number of thiophene rings is 1. The van der Waals surface area contributed by atoms with Crippen LogP contribution >= 0.6 is 23.1 Å². The molecule has 0 spiro atoms. The summed E-state index contributed by atoms with van der Waals surface area (Å²) in [5.74, 6) is 0.686. The third-order valence-corrected chi connectivity index (χ3v) is 7.72. The van der Waals surface area contributed by atoms with E-state index in [2.05, 4.69) is 17.1 Å². The lowest BCUT2D eigenvalue weighted by atomic mass is 9.79. The summed E-state index contributed by atoms with van der Waals surface area (Å²) in [4.78, 5) is 17.0. The van der Waals surface area contributed by atoms with Crippen LogP contribution in [0.15, 0.2) is 45.5 Å². The van der Waals surface area contributed by atoms with E-state index in [1.54, 1.807) is 11.8 Å². The zero-order chi connectivity index (χ0) is 17.4. The van der Waals surface area contributed by atoms with Gasteiger partial charge in [-0.3, -0.25) is 9.69 Å². The van der Waals surface area contributed by atoms with Crippen molar-refractivity contribution >= 4 is 34.7 Å². The second kappa shape index (κ2) is 7.02. The Morgan fingerprint density at radius 3 is 2.72 bits per heavy atom. The topological polar surface area (TPSA) is 58.4 Å². The summed E-state index contributed by atoms with van der Waals surface area (Å²) in [5, 5.41) is 3.30. The molecule has 1 amide bonds. The zero-order valence-electron chi connectivity index (χ0n) is 14.3. The third-order valence-electron chi connectivity index (χ3n) is 5.41. The van der Waals surface area contributed by atoms with Crippen LogP contribution in [0.3, 0.4) is 0 Å². The van der Waals surface area contributed by atoms with Crippen molar-refractivity contribution in [2.24, 2.45) is 5.92 Å². The van der Waals surface area contributed by atoms with E-state index in [9.17, 15) is 4.79 Å². The lowest BCUT2D eigenvalue weighted by Crippen LogP contribution is -2.62. The maximum Gasteiger partial charge on any atom is 0.261 e. The second-order valence-electron chi connectivity index (χ2n) is 6.87. The number of benzene rings is 1. The fraction of sp³-hybridized carbons (Fsp3) is 0.421. The molecule has 1 aromatic carbocycles. The van der Waals surface area contributed by atoms with Crippen LogP contribution in [0.25, 0.3) is 0 Å². The smallest absolute Gasteiger partial charge is 0.261 e. The van der Waals surface area contributed by atoms with Crippen LogP contribution in [0.2, 0.25) is 0 Å². The molecule has 25 heavy (non-hydrogen) atoms. The number of hydrogen-bond acceptors (Lipinski definition) is 5. The van der Waals surface area contributed by atoms with Crippen LogP contribution in [0.4, 0.5) is 5.69 Å². The summed E-state index contributed by atoms with van der Waals surface area (Å²) < 4.78 is 1.09. The molecule has 2 atom stereocenters. The van der Waals surface area contributed by atoms with Gasteiger partial charge in [0.05, 0.1) is 9.09 Å². The molecule has 0 radical (unpaired) electrons. The SMILES string of the molecule is CC1C(NC(=O)c2ccc(Sc3ccccc3N)s2)C2CCN1CC2. The molecule has 2 unspecified atom stereocenters. The van der Waals surface area contributed by atoms with E-state index in [4.69, 9.17) is 5.73 Å². The molecule has 4 nitrogen and oxygen atoms in total. The molecule has 5 rings (SSSR count). The Hall–Kier alpha value is -1.50. The van der Waals surface area contributed by atoms with E-state index in [0.717, 1.165) is 19.7 Å². The molecule has 2 bridgehead atoms. The monoisotopic (exact) mass is 373 g/mol. The minimum Gasteiger partial charge on any atom is -0.398 e. The lowest BCUT2D eigenvalue weighted by molar-refractivity contribution is 0.0218. The summed E-state index contributed by atoms with van der Waals surface area (Å²) in [5.41, 5.74) is 6.78. The Morgan fingerprint density at radius 1 is 1.24 bits per heavy atom. The van der Waals surface area contributed by atoms with Gasteiger partial charge in [0.15, 0.2) is 0 Å². The number of para-hydroxylation sites is 1. The number of nitrogens with one attached hydrogen (secondary N) is 1. The highest BCUT2D eigenvalue weighted by atomic mass is 32.2. The first-order valence-electron chi connectivity index (χ1n) is 8.79. The normalized spacial score (nSPS) is 28.0. The Bertz CT molecular complexity index is 766. The molecule has 1 aromatic heterocycles. The van der Waals surface area contributed by atoms with Gasteiger partial charge in [0, 0.05) is 22.7 Å². The minimum atomic E-state index is 0.0588. The highest BCUT2D eigenvalue weighted by Gasteiger charge is 2.40. The number of carbonyl (C=O) groups is 1. The van der Waals surface area contributed by atoms with Crippen LogP contribution in [-0.2, 0) is 0 Å². The maximum absolute atomic E-state index is 12.7. The number of fused-ring (bicyclic) bond motifs is 3. The largest absolute Gasteiger partial charge is 0.398 e. The van der Waals surface area contributed by atoms with E-state index in [0.29, 0.717) is 12.0 Å². The van der Waals surface area contributed by atoms with Gasteiger partial charge in [0.2, 0.25) is 0 Å². The summed E-state index contributed by atoms with van der Waals surface area (Å²) in [6.07, 6.45) is 2.40. The van der Waals surface area contributed by atoms with Crippen molar-refractivity contribution in [2.75, 3.05) is 18.8 Å². The number of carbonyl (C=O) groups excluding carboxylic acids is 1. The van der Waals surface area contributed by atoms with Gasteiger partial charge >= 0.3 is 0 Å². The Morgan fingerprint density at radius 2 is 2.00 bits per heavy atom. The van der Waals surface area contributed by atoms with Crippen molar-refractivity contribution in [3.05, 3.63) is 41.3 Å². The molecule has 3 saturated heterocycles. The highest BCUT2D eigenvalue weighted by molar-refractivity contribution is 8.01. The summed E-state index contributed by atoms with van der Waals surface area (Å²) in [7, 11) is 0. The molecule has 2 aromatic rings. The number of piperidine rings is 3. The molecule has 3 N–H and O–H groups in total. The third kappa shape index (κ3) is 3.43. The summed E-state index contributed by atoms with van der Waals surface area (Å²) in [6, 6.07) is 12.5. The summed E-state index contributed by atoms with van der Waals surface area (Å²) >= 11 is 3.15. The molecular formula is C19H23N3OS2. The van der Waals surface area contributed by atoms with Crippen molar-refractivity contribution in [1.29, 1.82) is 0 Å². The van der Waals surface area contributed by atoms with Crippen LogP contribution < -0.4 is 11.1 Å². The maximum atomic E-state index is 12.7. The number of rotatable bonds is 4. The first kappa shape index (κ1) is 16.9.